The van der Waals surface area contributed by atoms with Crippen LogP contribution in [0, 0.1) is 11.3 Å². The van der Waals surface area contributed by atoms with Crippen molar-refractivity contribution in [1.29, 1.82) is 5.26 Å². The largest absolute Gasteiger partial charge is 0.478 e. The molecule has 0 fully saturated rings. The number of aromatic carboxylic acids is 1. The van der Waals surface area contributed by atoms with E-state index in [9.17, 15) is 4.79 Å². The molecule has 1 aromatic heterocycles. The first-order valence-electron chi connectivity index (χ1n) is 6.51. The molecule has 1 aliphatic heterocycles. The van der Waals surface area contributed by atoms with Crippen LogP contribution in [0.3, 0.4) is 0 Å². The number of hydrogen-bond donors (Lipinski definition) is 1. The minimum absolute atomic E-state index is 0.273. The summed E-state index contributed by atoms with van der Waals surface area (Å²) in [5.74, 6) is -0.390. The summed E-state index contributed by atoms with van der Waals surface area (Å²) in [6, 6.07) is 8.91. The van der Waals surface area contributed by atoms with Crippen LogP contribution in [-0.4, -0.2) is 27.8 Å². The Morgan fingerprint density at radius 1 is 1.33 bits per heavy atom. The highest BCUT2D eigenvalue weighted by Crippen LogP contribution is 2.25. The summed E-state index contributed by atoms with van der Waals surface area (Å²) in [5.41, 5.74) is 2.84. The third-order valence-electron chi connectivity index (χ3n) is 3.59. The van der Waals surface area contributed by atoms with Crippen molar-refractivity contribution in [2.24, 2.45) is 0 Å². The Morgan fingerprint density at radius 3 is 2.95 bits per heavy atom. The van der Waals surface area contributed by atoms with Gasteiger partial charge in [-0.1, -0.05) is 6.07 Å². The van der Waals surface area contributed by atoms with Gasteiger partial charge in [-0.05, 0) is 35.7 Å². The highest BCUT2D eigenvalue weighted by atomic mass is 16.4. The quantitative estimate of drug-likeness (QED) is 0.898. The van der Waals surface area contributed by atoms with Gasteiger partial charge >= 0.3 is 5.97 Å². The van der Waals surface area contributed by atoms with Gasteiger partial charge in [0.1, 0.15) is 6.07 Å². The van der Waals surface area contributed by atoms with Gasteiger partial charge in [0.05, 0.1) is 17.3 Å². The molecule has 0 bridgehead atoms. The number of carboxylic acid groups (broad SMARTS) is 1. The van der Waals surface area contributed by atoms with E-state index in [1.807, 2.05) is 11.0 Å². The molecule has 1 aromatic carbocycles. The molecular weight excluding hydrogens is 268 g/mol. The minimum atomic E-state index is -0.938. The third kappa shape index (κ3) is 2.41. The minimum Gasteiger partial charge on any atom is -0.478 e. The second kappa shape index (κ2) is 5.21. The lowest BCUT2D eigenvalue weighted by molar-refractivity contribution is 0.0696. The number of fused-ring (bicyclic) bond motifs is 1. The molecule has 0 saturated carbocycles. The standard InChI is InChI=1S/C15H12N4O2/c16-8-12-3-5-17-18-14(12)19-6-4-10-1-2-11(15(20)21)7-13(10)9-19/h1-3,5,7H,4,6,9H2,(H,20,21). The molecule has 21 heavy (non-hydrogen) atoms. The lowest BCUT2D eigenvalue weighted by atomic mass is 9.97. The van der Waals surface area contributed by atoms with E-state index in [0.717, 1.165) is 24.1 Å². The number of nitriles is 1. The molecule has 0 aliphatic carbocycles. The molecule has 104 valence electrons. The normalized spacial score (nSPS) is 13.4. The van der Waals surface area contributed by atoms with Crippen molar-refractivity contribution in [3.63, 3.8) is 0 Å². The van der Waals surface area contributed by atoms with Crippen LogP contribution < -0.4 is 4.90 Å². The highest BCUT2D eigenvalue weighted by molar-refractivity contribution is 5.88. The van der Waals surface area contributed by atoms with Gasteiger partial charge < -0.3 is 10.0 Å². The Bertz CT molecular complexity index is 752. The summed E-state index contributed by atoms with van der Waals surface area (Å²) >= 11 is 0. The van der Waals surface area contributed by atoms with Crippen LogP contribution in [0.25, 0.3) is 0 Å². The van der Waals surface area contributed by atoms with Crippen LogP contribution in [-0.2, 0) is 13.0 Å². The van der Waals surface area contributed by atoms with E-state index in [1.54, 1.807) is 18.2 Å². The number of aromatic nitrogens is 2. The zero-order valence-corrected chi connectivity index (χ0v) is 11.2. The van der Waals surface area contributed by atoms with Gasteiger partial charge in [0.15, 0.2) is 5.82 Å². The molecule has 0 saturated heterocycles. The Hall–Kier alpha value is -2.94. The average Bonchev–Trinajstić information content (AvgIpc) is 2.53. The smallest absolute Gasteiger partial charge is 0.335 e. The lowest BCUT2D eigenvalue weighted by Gasteiger charge is -2.30. The second-order valence-electron chi connectivity index (χ2n) is 4.84. The molecule has 0 radical (unpaired) electrons. The monoisotopic (exact) mass is 280 g/mol. The van der Waals surface area contributed by atoms with E-state index in [1.165, 1.54) is 6.20 Å². The van der Waals surface area contributed by atoms with E-state index in [0.29, 0.717) is 17.9 Å². The Morgan fingerprint density at radius 2 is 2.19 bits per heavy atom. The maximum atomic E-state index is 11.1. The van der Waals surface area contributed by atoms with Gasteiger partial charge in [0, 0.05) is 13.1 Å². The fourth-order valence-electron chi connectivity index (χ4n) is 2.52. The maximum absolute atomic E-state index is 11.1. The summed E-state index contributed by atoms with van der Waals surface area (Å²) in [4.78, 5) is 13.0. The molecule has 6 nitrogen and oxygen atoms in total. The third-order valence-corrected chi connectivity index (χ3v) is 3.59. The molecule has 2 heterocycles. The molecule has 2 aromatic rings. The van der Waals surface area contributed by atoms with Crippen LogP contribution in [0.4, 0.5) is 5.82 Å². The van der Waals surface area contributed by atoms with E-state index in [2.05, 4.69) is 16.3 Å². The SMILES string of the molecule is N#Cc1ccnnc1N1CCc2ccc(C(=O)O)cc2C1. The van der Waals surface area contributed by atoms with Crippen molar-refractivity contribution >= 4 is 11.8 Å². The van der Waals surface area contributed by atoms with E-state index in [-0.39, 0.29) is 5.56 Å². The van der Waals surface area contributed by atoms with Crippen LogP contribution >= 0.6 is 0 Å². The molecule has 0 spiro atoms. The van der Waals surface area contributed by atoms with Crippen molar-refractivity contribution in [1.82, 2.24) is 10.2 Å². The van der Waals surface area contributed by atoms with Crippen molar-refractivity contribution in [3.8, 4) is 6.07 Å². The van der Waals surface area contributed by atoms with Gasteiger partial charge in [0.25, 0.3) is 0 Å². The van der Waals surface area contributed by atoms with E-state index >= 15 is 0 Å². The first-order chi connectivity index (χ1) is 10.2. The summed E-state index contributed by atoms with van der Waals surface area (Å²) in [5, 5.41) is 26.1. The topological polar surface area (TPSA) is 90.1 Å². The first kappa shape index (κ1) is 13.1. The Balaban J connectivity index is 1.95. The predicted octanol–water partition coefficient (Wildman–Crippen LogP) is 1.61. The van der Waals surface area contributed by atoms with E-state index < -0.39 is 5.97 Å². The number of hydrogen-bond acceptors (Lipinski definition) is 5. The predicted molar refractivity (Wildman–Crippen MR) is 74.9 cm³/mol. The van der Waals surface area contributed by atoms with Crippen molar-refractivity contribution in [3.05, 3.63) is 52.7 Å². The molecule has 0 atom stereocenters. The fraction of sp³-hybridized carbons (Fsp3) is 0.200. The highest BCUT2D eigenvalue weighted by Gasteiger charge is 2.21. The summed E-state index contributed by atoms with van der Waals surface area (Å²) < 4.78 is 0. The average molecular weight is 280 g/mol. The molecule has 0 amide bonds. The van der Waals surface area contributed by atoms with Crippen LogP contribution in [0.5, 0.6) is 0 Å². The summed E-state index contributed by atoms with van der Waals surface area (Å²) in [6.45, 7) is 1.26. The van der Waals surface area contributed by atoms with Gasteiger partial charge in [-0.15, -0.1) is 5.10 Å². The van der Waals surface area contributed by atoms with Crippen molar-refractivity contribution < 1.29 is 9.90 Å². The van der Waals surface area contributed by atoms with Crippen LogP contribution in [0.2, 0.25) is 0 Å². The van der Waals surface area contributed by atoms with E-state index in [4.69, 9.17) is 10.4 Å². The van der Waals surface area contributed by atoms with Gasteiger partial charge in [-0.2, -0.15) is 10.4 Å². The number of nitrogens with zero attached hydrogens (tertiary/aromatic N) is 4. The zero-order chi connectivity index (χ0) is 14.8. The van der Waals surface area contributed by atoms with Gasteiger partial charge in [-0.25, -0.2) is 4.79 Å². The number of carbonyl (C=O) groups is 1. The molecule has 6 heteroatoms. The number of carboxylic acids is 1. The van der Waals surface area contributed by atoms with Crippen LogP contribution in [0.1, 0.15) is 27.0 Å². The number of rotatable bonds is 2. The Kier molecular flexibility index (Phi) is 3.24. The van der Waals surface area contributed by atoms with Gasteiger partial charge in [0.2, 0.25) is 0 Å². The zero-order valence-electron chi connectivity index (χ0n) is 11.2. The van der Waals surface area contributed by atoms with Crippen molar-refractivity contribution in [2.75, 3.05) is 11.4 Å². The van der Waals surface area contributed by atoms with Crippen LogP contribution in [0.15, 0.2) is 30.5 Å². The lowest BCUT2D eigenvalue weighted by Crippen LogP contribution is -2.32. The maximum Gasteiger partial charge on any atom is 0.335 e. The summed E-state index contributed by atoms with van der Waals surface area (Å²) in [7, 11) is 0. The second-order valence-corrected chi connectivity index (χ2v) is 4.84. The first-order valence-corrected chi connectivity index (χ1v) is 6.51. The fourth-order valence-corrected chi connectivity index (χ4v) is 2.52. The summed E-state index contributed by atoms with van der Waals surface area (Å²) in [6.07, 6.45) is 2.28. The molecule has 0 unspecified atom stereocenters. The molecule has 3 rings (SSSR count). The number of benzene rings is 1. The molecule has 1 N–H and O–H groups in total. The van der Waals surface area contributed by atoms with Crippen molar-refractivity contribution in [2.45, 2.75) is 13.0 Å². The Labute approximate surface area is 121 Å². The molecular formula is C15H12N4O2. The number of anilines is 1. The van der Waals surface area contributed by atoms with Gasteiger partial charge in [-0.3, -0.25) is 0 Å². The molecule has 1 aliphatic rings.